The number of hydrogen-bond donors (Lipinski definition) is 19. The number of nitrogens with one attached hydrogen (secondary N) is 6. The molecule has 143 heavy (non-hydrogen) atoms. The van der Waals surface area contributed by atoms with Crippen molar-refractivity contribution in [3.05, 3.63) is 182 Å². The van der Waals surface area contributed by atoms with Gasteiger partial charge in [0, 0.05) is 132 Å². The first-order valence-corrected chi connectivity index (χ1v) is 50.7. The number of likely N-dealkylation sites (N-methyl/N-ethyl adjacent to an activating group) is 2. The minimum atomic E-state index is 0.0731. The number of rotatable bonds is 33. The second kappa shape index (κ2) is 56.2. The van der Waals surface area contributed by atoms with Crippen LogP contribution in [0, 0.1) is 48.5 Å². The Morgan fingerprint density at radius 3 is 0.818 bits per heavy atom. The lowest BCUT2D eigenvalue weighted by Crippen LogP contribution is -2.23. The van der Waals surface area contributed by atoms with Crippen molar-refractivity contribution in [3.8, 4) is 0 Å². The number of nitrogen functional groups attached to an aromatic ring is 13. The molecule has 0 saturated heterocycles. The van der Waals surface area contributed by atoms with Gasteiger partial charge in [0.2, 0.25) is 143 Å². The van der Waals surface area contributed by atoms with Crippen molar-refractivity contribution in [2.24, 2.45) is 0 Å². The Balaban J connectivity index is 0.000000182. The van der Waals surface area contributed by atoms with E-state index in [0.717, 1.165) is 96.4 Å². The van der Waals surface area contributed by atoms with Gasteiger partial charge < -0.3 is 131 Å². The quantitative estimate of drug-likeness (QED) is 0.0182. The normalized spacial score (nSPS) is 10.4. The number of nitrogens with zero attached hydrogens (tertiary/aromatic N) is 29. The fourth-order valence-corrected chi connectivity index (χ4v) is 17.8. The monoisotopic (exact) mass is 2100 g/mol. The van der Waals surface area contributed by atoms with Gasteiger partial charge in [-0.25, -0.2) is 0 Å². The van der Waals surface area contributed by atoms with Crippen LogP contribution in [0.4, 0.5) is 148 Å². The number of hydrogen-bond acceptors (Lipinski definition) is 55. The van der Waals surface area contributed by atoms with Crippen LogP contribution in [-0.2, 0) is 44.9 Å². The number of anilines is 25. The maximum Gasteiger partial charge on any atom is 0.233 e. The molecule has 0 bridgehead atoms. The van der Waals surface area contributed by atoms with E-state index in [9.17, 15) is 0 Å². The lowest BCUT2D eigenvalue weighted by atomic mass is 10.1. The Morgan fingerprint density at radius 2 is 0.531 bits per heavy atom. The third-order valence-corrected chi connectivity index (χ3v) is 25.9. The molecule has 760 valence electrons. The van der Waals surface area contributed by atoms with Crippen LogP contribution in [0.25, 0.3) is 0 Å². The molecule has 1 aromatic carbocycles. The van der Waals surface area contributed by atoms with Crippen molar-refractivity contribution in [2.75, 3.05) is 233 Å². The Kier molecular flexibility index (Phi) is 43.8. The Morgan fingerprint density at radius 1 is 0.266 bits per heavy atom. The van der Waals surface area contributed by atoms with E-state index in [0.29, 0.717) is 70.5 Å². The fourth-order valence-electron chi connectivity index (χ4n) is 12.1. The van der Waals surface area contributed by atoms with Gasteiger partial charge in [-0.3, -0.25) is 0 Å². The molecule has 0 atom stereocenters. The zero-order chi connectivity index (χ0) is 104. The minimum Gasteiger partial charge on any atom is -0.368 e. The SMILES string of the molecule is Cc1cc(CCN(C)c2nc(N)nc(N)n2)cs1.Cc1cc(CCNc2nc(N)nc(N(C)C)n2)cs1.Cc1cc(CCNc2nc(N)nc(N)n2)cs1.Cc1cscc1CCN(C)c1nc(N)nc(N)n1.Cc1cscc1CCNc1nc(N)nc(N(C)C)n1.Cc1cscc1CCNc1nc(N)nc(N)n1.Cc1sccc1CCNc1nc(N)nc(N(C)C)n1.Nc1nc(N)nc(Nc2ccc(Cl)cc2)n1. The van der Waals surface area contributed by atoms with Crippen molar-refractivity contribution in [3.63, 3.8) is 0 Å². The van der Waals surface area contributed by atoms with Crippen LogP contribution in [0.3, 0.4) is 0 Å². The maximum atomic E-state index is 5.76. The molecule has 0 fully saturated rings. The van der Waals surface area contributed by atoms with E-state index >= 15 is 0 Å². The number of halogens is 1. The second-order valence-electron chi connectivity index (χ2n) is 31.8. The minimum absolute atomic E-state index is 0.0731. The molecule has 0 amide bonds. The summed E-state index contributed by atoms with van der Waals surface area (Å²) >= 11 is 17.9. The first-order chi connectivity index (χ1) is 68.2. The van der Waals surface area contributed by atoms with Crippen molar-refractivity contribution >= 4 is 239 Å². The number of nitrogens with two attached hydrogens (primary N) is 13. The number of thiophene rings is 7. The van der Waals surface area contributed by atoms with Crippen LogP contribution >= 0.6 is 91.0 Å². The topological polar surface area (TPSA) is 736 Å². The van der Waals surface area contributed by atoms with Crippen LogP contribution in [0.15, 0.2) is 102 Å². The van der Waals surface area contributed by atoms with Crippen LogP contribution < -0.4 is 131 Å². The third kappa shape index (κ3) is 40.1. The Bertz CT molecular complexity index is 6380. The summed E-state index contributed by atoms with van der Waals surface area (Å²) < 4.78 is 0. The Hall–Kier alpha value is -15.3. The highest BCUT2D eigenvalue weighted by Crippen LogP contribution is 2.25. The zero-order valence-electron chi connectivity index (χ0n) is 82.0. The van der Waals surface area contributed by atoms with Gasteiger partial charge in [-0.1, -0.05) is 11.6 Å². The molecule has 0 radical (unpaired) electrons. The summed E-state index contributed by atoms with van der Waals surface area (Å²) in [5.41, 5.74) is 86.0. The van der Waals surface area contributed by atoms with Crippen LogP contribution in [0.2, 0.25) is 5.02 Å². The summed E-state index contributed by atoms with van der Waals surface area (Å²) in [7, 11) is 15.0. The summed E-state index contributed by atoms with van der Waals surface area (Å²) in [5.74, 6) is 7.33. The molecular formula is C87H123ClN48S7. The summed E-state index contributed by atoms with van der Waals surface area (Å²) in [5, 5.41) is 40.8. The van der Waals surface area contributed by atoms with Crippen molar-refractivity contribution in [1.82, 2.24) is 120 Å². The molecule has 0 unspecified atom stereocenters. The van der Waals surface area contributed by atoms with Gasteiger partial charge in [-0.05, 0) is 251 Å². The highest BCUT2D eigenvalue weighted by molar-refractivity contribution is 7.11. The predicted molar refractivity (Wildman–Crippen MR) is 592 cm³/mol. The van der Waals surface area contributed by atoms with Gasteiger partial charge in [-0.2, -0.15) is 154 Å². The summed E-state index contributed by atoms with van der Waals surface area (Å²) in [6, 6.07) is 15.8. The van der Waals surface area contributed by atoms with Crippen LogP contribution in [0.1, 0.15) is 75.1 Å². The highest BCUT2D eigenvalue weighted by Gasteiger charge is 2.16. The fraction of sp³-hybridized carbons (Fsp3) is 0.333. The lowest BCUT2D eigenvalue weighted by molar-refractivity contribution is 0.832. The van der Waals surface area contributed by atoms with E-state index in [-0.39, 0.29) is 77.3 Å². The highest BCUT2D eigenvalue weighted by atomic mass is 35.5. The molecular weight excluding hydrogens is 1980 g/mol. The predicted octanol–water partition coefficient (Wildman–Crippen LogP) is 10.4. The van der Waals surface area contributed by atoms with Gasteiger partial charge in [0.15, 0.2) is 0 Å². The molecule has 16 rings (SSSR count). The Labute approximate surface area is 861 Å². The molecule has 16 aromatic rings. The molecule has 56 heteroatoms. The smallest absolute Gasteiger partial charge is 0.233 e. The number of aryl methyl sites for hydroxylation is 7. The van der Waals surface area contributed by atoms with E-state index in [1.54, 1.807) is 118 Å². The maximum absolute atomic E-state index is 5.76. The number of benzene rings is 1. The molecule has 48 nitrogen and oxygen atoms in total. The molecule has 15 aromatic heterocycles. The van der Waals surface area contributed by atoms with Crippen molar-refractivity contribution in [2.45, 2.75) is 93.4 Å². The van der Waals surface area contributed by atoms with Gasteiger partial charge in [0.25, 0.3) is 0 Å². The van der Waals surface area contributed by atoms with E-state index in [4.69, 9.17) is 86.1 Å². The van der Waals surface area contributed by atoms with Gasteiger partial charge >= 0.3 is 0 Å². The molecule has 0 aliphatic rings. The van der Waals surface area contributed by atoms with Crippen molar-refractivity contribution in [1.29, 1.82) is 0 Å². The van der Waals surface area contributed by atoms with E-state index in [2.05, 4.69) is 278 Å². The average molecular weight is 2100 g/mol. The van der Waals surface area contributed by atoms with Gasteiger partial charge in [0.1, 0.15) is 0 Å². The van der Waals surface area contributed by atoms with Gasteiger partial charge in [-0.15, -0.1) is 45.3 Å². The summed E-state index contributed by atoms with van der Waals surface area (Å²) in [6.45, 7) is 20.2. The van der Waals surface area contributed by atoms with E-state index in [1.165, 1.54) is 75.1 Å². The van der Waals surface area contributed by atoms with Gasteiger partial charge in [0.05, 0.1) is 0 Å². The van der Waals surface area contributed by atoms with E-state index in [1.807, 2.05) is 66.2 Å². The lowest BCUT2D eigenvalue weighted by Gasteiger charge is -2.17. The zero-order valence-corrected chi connectivity index (χ0v) is 88.5. The first-order valence-electron chi connectivity index (χ1n) is 43.9. The molecule has 0 saturated carbocycles. The molecule has 0 aliphatic heterocycles. The van der Waals surface area contributed by atoms with Crippen LogP contribution in [0.5, 0.6) is 0 Å². The molecule has 32 N–H and O–H groups in total. The number of aromatic nitrogens is 24. The summed E-state index contributed by atoms with van der Waals surface area (Å²) in [4.78, 5) is 110. The average Bonchev–Trinajstić information content (AvgIpc) is 1.56. The molecule has 0 spiro atoms. The molecule has 15 heterocycles. The van der Waals surface area contributed by atoms with E-state index < -0.39 is 0 Å². The second-order valence-corrected chi connectivity index (χ2v) is 38.9. The molecule has 0 aliphatic carbocycles. The third-order valence-electron chi connectivity index (χ3n) is 19.3. The standard InChI is InChI=1S/3C12H18N6S.2C11H16N6S.2C10H14N6S.C9H9ClN6/c1-8-9(5-7-19-8)4-6-14-11-15-10(13)16-12(17-11)18(2)3;1-8-6-19-7-9(8)4-5-14-11-15-10(13)16-12(17-11)18(2)3;1-8-6-9(7-19-8)4-5-14-11-15-10(13)16-12(17-11)18(2)3;1-7-5-18-6-8(7)3-4-17(2)11-15-9(12)14-10(13)16-11;1-7-5-8(6-18-7)3-4-17(2)11-15-9(12)14-10(13)16-11;1-6-4-17-5-7(6)2-3-13-10-15-8(11)14-9(12)16-10;1-6-4-7(5-17-6)2-3-13-10-15-8(11)14-9(12)16-10;10-5-1-3-6(4-2-5)13-9-15-7(11)14-8(12)16-9/h5,7H,4,6H2,1-3H3,(H3,13,14,15,16,17);2*6-7H,4-5H2,1-3H3,(H3,13,14,15,16,17);2*5-6H,3-4H2,1-2H3,(H4,12,13,14,15,16);2*4-5H,2-3H2,1H3,(H5,11,12,13,14,15,16);1-4H,(H5,11,12,13,14,15,16). The van der Waals surface area contributed by atoms with Crippen LogP contribution in [-0.4, -0.2) is 222 Å². The first kappa shape index (κ1) is 111. The van der Waals surface area contributed by atoms with Crippen molar-refractivity contribution < 1.29 is 0 Å². The summed E-state index contributed by atoms with van der Waals surface area (Å²) in [6.07, 6.45) is 6.53. The largest absolute Gasteiger partial charge is 0.368 e.